The number of ether oxygens (including phenoxy) is 2. The first-order valence-corrected chi connectivity index (χ1v) is 25.5. The average Bonchev–Trinajstić information content (AvgIpc) is 3.23. The van der Waals surface area contributed by atoms with Crippen LogP contribution in [0.25, 0.3) is 0 Å². The number of phosphoric ester groups is 1. The van der Waals surface area contributed by atoms with E-state index in [-0.39, 0.29) is 12.8 Å². The lowest BCUT2D eigenvalue weighted by molar-refractivity contribution is -0.220. The molecule has 0 aromatic rings. The van der Waals surface area contributed by atoms with Crippen molar-refractivity contribution >= 4 is 19.8 Å². The summed E-state index contributed by atoms with van der Waals surface area (Å²) in [5.41, 5.74) is 0. The summed E-state index contributed by atoms with van der Waals surface area (Å²) in [6.45, 7) is 3.31. The van der Waals surface area contributed by atoms with E-state index < -0.39 is 75.7 Å². The molecule has 0 aliphatic heterocycles. The van der Waals surface area contributed by atoms with Gasteiger partial charge in [-0.15, -0.1) is 0 Å². The second kappa shape index (κ2) is 37.0. The van der Waals surface area contributed by atoms with E-state index >= 15 is 0 Å². The highest BCUT2D eigenvalue weighted by molar-refractivity contribution is 7.47. The summed E-state index contributed by atoms with van der Waals surface area (Å²) in [6, 6.07) is 0. The molecular weight excluding hydrogens is 791 g/mol. The molecule has 0 spiro atoms. The number of aliphatic hydroxyl groups excluding tert-OH is 5. The predicted molar refractivity (Wildman–Crippen MR) is 235 cm³/mol. The molecule has 1 fully saturated rings. The minimum atomic E-state index is -5.12. The topological polar surface area (TPSA) is 210 Å². The molecule has 354 valence electrons. The minimum absolute atomic E-state index is 0.0808. The van der Waals surface area contributed by atoms with Crippen molar-refractivity contribution < 1.29 is 63.1 Å². The number of phosphoric acid groups is 1. The molecule has 0 heterocycles. The van der Waals surface area contributed by atoms with Gasteiger partial charge < -0.3 is 39.9 Å². The molecule has 0 aromatic heterocycles. The zero-order valence-corrected chi connectivity index (χ0v) is 38.4. The molecule has 13 nitrogen and oxygen atoms in total. The Kier molecular flexibility index (Phi) is 34.9. The lowest BCUT2D eigenvalue weighted by atomic mass is 9.85. The largest absolute Gasteiger partial charge is 0.472 e. The van der Waals surface area contributed by atoms with Crippen molar-refractivity contribution in [1.82, 2.24) is 0 Å². The molecule has 0 aromatic carbocycles. The van der Waals surface area contributed by atoms with E-state index in [9.17, 15) is 44.6 Å². The number of unbranched alkanes of at least 4 members (excludes halogenated alkanes) is 26. The van der Waals surface area contributed by atoms with Crippen LogP contribution in [0.5, 0.6) is 0 Å². The first-order chi connectivity index (χ1) is 28.9. The molecule has 1 saturated carbocycles. The van der Waals surface area contributed by atoms with Crippen molar-refractivity contribution in [2.75, 3.05) is 13.2 Å². The van der Waals surface area contributed by atoms with Gasteiger partial charge in [0.15, 0.2) is 6.10 Å². The van der Waals surface area contributed by atoms with Gasteiger partial charge in [0.05, 0.1) is 6.61 Å². The van der Waals surface area contributed by atoms with Crippen LogP contribution in [-0.2, 0) is 32.7 Å². The summed E-state index contributed by atoms with van der Waals surface area (Å²) in [5.74, 6) is -1.11. The van der Waals surface area contributed by atoms with Crippen LogP contribution >= 0.6 is 7.82 Å². The van der Waals surface area contributed by atoms with Gasteiger partial charge >= 0.3 is 19.8 Å². The van der Waals surface area contributed by atoms with E-state index in [0.717, 1.165) is 44.9 Å². The maximum Gasteiger partial charge on any atom is 0.472 e. The van der Waals surface area contributed by atoms with Crippen LogP contribution in [-0.4, -0.2) is 98.3 Å². The van der Waals surface area contributed by atoms with Gasteiger partial charge in [0, 0.05) is 12.8 Å². The van der Waals surface area contributed by atoms with Crippen LogP contribution in [0, 0.1) is 0 Å². The van der Waals surface area contributed by atoms with E-state index in [0.29, 0.717) is 12.8 Å². The van der Waals surface area contributed by atoms with E-state index in [1.165, 1.54) is 128 Å². The zero-order valence-electron chi connectivity index (χ0n) is 37.5. The van der Waals surface area contributed by atoms with Gasteiger partial charge in [-0.2, -0.15) is 0 Å². The lowest BCUT2D eigenvalue weighted by Crippen LogP contribution is -2.64. The molecule has 0 amide bonds. The van der Waals surface area contributed by atoms with Crippen molar-refractivity contribution in [2.45, 2.75) is 256 Å². The summed E-state index contributed by atoms with van der Waals surface area (Å²) in [7, 11) is -5.12. The number of aliphatic hydroxyl groups is 5. The monoisotopic (exact) mass is 879 g/mol. The summed E-state index contributed by atoms with van der Waals surface area (Å²) in [5, 5.41) is 50.1. The SMILES string of the molecule is CCCCCCCCCC/C=C/CCCCCC(=O)O[C@@H](COC(=O)CCCCCCCCCCCCCCCCCC)COP(=O)(O)OC1C(O)C(O)C(O)[C@H](O)C1O. The summed E-state index contributed by atoms with van der Waals surface area (Å²) in [4.78, 5) is 35.7. The van der Waals surface area contributed by atoms with Crippen LogP contribution in [0.3, 0.4) is 0 Å². The number of carbonyl (C=O) groups is 2. The third-order valence-electron chi connectivity index (χ3n) is 11.4. The van der Waals surface area contributed by atoms with Crippen LogP contribution in [0.2, 0.25) is 0 Å². The Balaban J connectivity index is 2.44. The summed E-state index contributed by atoms with van der Waals surface area (Å²) in [6.07, 6.45) is 25.5. The highest BCUT2D eigenvalue weighted by Gasteiger charge is 2.51. The van der Waals surface area contributed by atoms with Crippen molar-refractivity contribution in [1.29, 1.82) is 0 Å². The first kappa shape index (κ1) is 56.6. The smallest absolute Gasteiger partial charge is 0.462 e. The first-order valence-electron chi connectivity index (χ1n) is 24.0. The average molecular weight is 879 g/mol. The molecular formula is C46H87O13P. The Morgan fingerprint density at radius 3 is 1.28 bits per heavy atom. The highest BCUT2D eigenvalue weighted by Crippen LogP contribution is 2.47. The maximum atomic E-state index is 12.8. The van der Waals surface area contributed by atoms with Gasteiger partial charge in [-0.1, -0.05) is 174 Å². The molecule has 1 rings (SSSR count). The van der Waals surface area contributed by atoms with E-state index in [4.69, 9.17) is 18.5 Å². The Morgan fingerprint density at radius 1 is 0.500 bits per heavy atom. The second-order valence-corrected chi connectivity index (χ2v) is 18.4. The van der Waals surface area contributed by atoms with Crippen LogP contribution in [0.1, 0.15) is 213 Å². The number of hydrogen-bond donors (Lipinski definition) is 6. The van der Waals surface area contributed by atoms with Crippen molar-refractivity contribution in [3.63, 3.8) is 0 Å². The predicted octanol–water partition coefficient (Wildman–Crippen LogP) is 9.45. The minimum Gasteiger partial charge on any atom is -0.462 e. The Labute approximate surface area is 363 Å². The lowest BCUT2D eigenvalue weighted by Gasteiger charge is -2.41. The van der Waals surface area contributed by atoms with E-state index in [1.807, 2.05) is 0 Å². The molecule has 60 heavy (non-hydrogen) atoms. The zero-order chi connectivity index (χ0) is 44.3. The molecule has 14 heteroatoms. The van der Waals surface area contributed by atoms with E-state index in [1.54, 1.807) is 0 Å². The Morgan fingerprint density at radius 2 is 0.850 bits per heavy atom. The van der Waals surface area contributed by atoms with Crippen LogP contribution in [0.15, 0.2) is 12.2 Å². The molecule has 6 unspecified atom stereocenters. The second-order valence-electron chi connectivity index (χ2n) is 17.0. The Hall–Kier alpha value is -1.41. The quantitative estimate of drug-likeness (QED) is 0.0147. The van der Waals surface area contributed by atoms with Gasteiger partial charge in [0.1, 0.15) is 43.2 Å². The van der Waals surface area contributed by atoms with Crippen molar-refractivity contribution in [2.24, 2.45) is 0 Å². The van der Waals surface area contributed by atoms with Crippen LogP contribution in [0.4, 0.5) is 0 Å². The number of hydrogen-bond acceptors (Lipinski definition) is 12. The van der Waals surface area contributed by atoms with Gasteiger partial charge in [-0.3, -0.25) is 18.6 Å². The molecule has 0 radical (unpaired) electrons. The van der Waals surface area contributed by atoms with Gasteiger partial charge in [-0.05, 0) is 38.5 Å². The van der Waals surface area contributed by atoms with Gasteiger partial charge in [-0.25, -0.2) is 4.57 Å². The number of carbonyl (C=O) groups excluding carboxylic acids is 2. The number of allylic oxidation sites excluding steroid dienone is 2. The molecule has 0 bridgehead atoms. The number of esters is 2. The fraction of sp³-hybridized carbons (Fsp3) is 0.913. The number of rotatable bonds is 40. The Bertz CT molecular complexity index is 1110. The summed E-state index contributed by atoms with van der Waals surface area (Å²) < 4.78 is 33.5. The van der Waals surface area contributed by atoms with Crippen molar-refractivity contribution in [3.8, 4) is 0 Å². The highest BCUT2D eigenvalue weighted by atomic mass is 31.2. The maximum absolute atomic E-state index is 12.8. The standard InChI is InChI=1S/C46H87O13P/c1-3-5-7-9-11-13-15-17-19-21-22-24-26-28-30-32-34-39(47)56-36-38(37-57-60(54,55)59-46-44(52)42(50)41(49)43(51)45(46)53)58-40(48)35-33-31-29-27-25-23-20-18-16-14-12-10-8-6-4-2/h23,25,38,41-46,49-53H,3-22,24,26-37H2,1-2H3,(H,54,55)/b25-23+/t38-,41?,42-,43?,44?,45?,46?/m0/s1. The summed E-state index contributed by atoms with van der Waals surface area (Å²) >= 11 is 0. The van der Waals surface area contributed by atoms with Crippen LogP contribution < -0.4 is 0 Å². The molecule has 1 aliphatic rings. The van der Waals surface area contributed by atoms with Gasteiger partial charge in [0.25, 0.3) is 0 Å². The molecule has 0 saturated heterocycles. The molecule has 6 N–H and O–H groups in total. The molecule has 8 atom stereocenters. The fourth-order valence-corrected chi connectivity index (χ4v) is 8.43. The van der Waals surface area contributed by atoms with E-state index in [2.05, 4.69) is 26.0 Å². The fourth-order valence-electron chi connectivity index (χ4n) is 7.46. The normalized spacial score (nSPS) is 22.2. The van der Waals surface area contributed by atoms with Crippen molar-refractivity contribution in [3.05, 3.63) is 12.2 Å². The third kappa shape index (κ3) is 29.0. The van der Waals surface area contributed by atoms with Gasteiger partial charge in [0.2, 0.25) is 0 Å². The molecule has 1 aliphatic carbocycles. The third-order valence-corrected chi connectivity index (χ3v) is 12.3.